The molecule has 0 bridgehead atoms. The molecule has 0 aliphatic heterocycles. The highest BCUT2D eigenvalue weighted by molar-refractivity contribution is 6.75. The van der Waals surface area contributed by atoms with Crippen LogP contribution in [0.25, 0.3) is 0 Å². The zero-order valence-electron chi connectivity index (χ0n) is 7.56. The molecule has 0 aromatic heterocycles. The van der Waals surface area contributed by atoms with Crippen LogP contribution in [-0.4, -0.2) is 9.76 Å². The zero-order chi connectivity index (χ0) is 11.6. The molecule has 0 saturated heterocycles. The van der Waals surface area contributed by atoms with Gasteiger partial charge in [0.15, 0.2) is 0 Å². The van der Waals surface area contributed by atoms with E-state index in [1.165, 1.54) is 0 Å². The monoisotopic (exact) mass is 286 g/mol. The lowest BCUT2D eigenvalue weighted by atomic mass is 10.2. The Balaban J connectivity index is 2.90. The summed E-state index contributed by atoms with van der Waals surface area (Å²) in [5, 5.41) is 0.281. The minimum atomic E-state index is -2.10. The summed E-state index contributed by atoms with van der Waals surface area (Å²) in [6.45, 7) is 1.82. The largest absolute Gasteiger partial charge is 0.422 e. The highest BCUT2D eigenvalue weighted by Gasteiger charge is 2.33. The summed E-state index contributed by atoms with van der Waals surface area (Å²) in [5.41, 5.74) is 0.881. The lowest BCUT2D eigenvalue weighted by Crippen LogP contribution is -2.24. The smallest absolute Gasteiger partial charge is 0.363 e. The molecular weight excluding hydrogens is 282 g/mol. The Kier molecular flexibility index (Phi) is 4.13. The van der Waals surface area contributed by atoms with Gasteiger partial charge in [0.1, 0.15) is 5.75 Å². The molecule has 0 amide bonds. The van der Waals surface area contributed by atoms with E-state index in [9.17, 15) is 4.79 Å². The third-order valence-electron chi connectivity index (χ3n) is 1.52. The molecule has 2 nitrogen and oxygen atoms in total. The van der Waals surface area contributed by atoms with E-state index < -0.39 is 9.76 Å². The maximum Gasteiger partial charge on any atom is 0.363 e. The van der Waals surface area contributed by atoms with Gasteiger partial charge in [0.25, 0.3) is 3.79 Å². The second kappa shape index (κ2) is 4.79. The van der Waals surface area contributed by atoms with Crippen molar-refractivity contribution in [2.45, 2.75) is 10.7 Å². The first kappa shape index (κ1) is 12.9. The fourth-order valence-electron chi connectivity index (χ4n) is 0.847. The molecule has 0 radical (unpaired) electrons. The lowest BCUT2D eigenvalue weighted by molar-refractivity contribution is -0.133. The van der Waals surface area contributed by atoms with Gasteiger partial charge in [-0.05, 0) is 24.6 Å². The number of aryl methyl sites for hydroxylation is 1. The molecule has 0 fully saturated rings. The van der Waals surface area contributed by atoms with E-state index in [0.717, 1.165) is 5.56 Å². The van der Waals surface area contributed by atoms with Crippen molar-refractivity contribution in [3.05, 3.63) is 28.8 Å². The van der Waals surface area contributed by atoms with Gasteiger partial charge in [0, 0.05) is 0 Å². The number of rotatable bonds is 1. The number of esters is 1. The van der Waals surface area contributed by atoms with Crippen molar-refractivity contribution in [1.29, 1.82) is 0 Å². The quantitative estimate of drug-likeness (QED) is 0.444. The second-order valence-electron chi connectivity index (χ2n) is 2.82. The maximum atomic E-state index is 11.2. The minimum absolute atomic E-state index is 0.174. The van der Waals surface area contributed by atoms with Crippen molar-refractivity contribution < 1.29 is 9.53 Å². The molecule has 1 aromatic carbocycles. The first-order chi connectivity index (χ1) is 6.80. The first-order valence-corrected chi connectivity index (χ1v) is 5.37. The van der Waals surface area contributed by atoms with Crippen LogP contribution in [-0.2, 0) is 4.79 Å². The van der Waals surface area contributed by atoms with Gasteiger partial charge >= 0.3 is 5.97 Å². The van der Waals surface area contributed by atoms with Crippen LogP contribution in [0.2, 0.25) is 5.02 Å². The van der Waals surface area contributed by atoms with Gasteiger partial charge in [0.05, 0.1) is 5.02 Å². The number of carbonyl (C=O) groups excluding carboxylic acids is 1. The third kappa shape index (κ3) is 3.72. The second-order valence-corrected chi connectivity index (χ2v) is 5.51. The molecule has 1 aromatic rings. The summed E-state index contributed by atoms with van der Waals surface area (Å²) in [4.78, 5) is 11.2. The predicted molar refractivity (Wildman–Crippen MR) is 62.1 cm³/mol. The molecule has 6 heteroatoms. The highest BCUT2D eigenvalue weighted by atomic mass is 35.6. The normalized spacial score (nSPS) is 11.3. The summed E-state index contributed by atoms with van der Waals surface area (Å²) < 4.78 is 2.72. The summed E-state index contributed by atoms with van der Waals surface area (Å²) in [6, 6.07) is 4.95. The number of halogens is 4. The van der Waals surface area contributed by atoms with E-state index in [-0.39, 0.29) is 10.8 Å². The minimum Gasteiger partial charge on any atom is -0.422 e. The Morgan fingerprint density at radius 1 is 1.33 bits per heavy atom. The van der Waals surface area contributed by atoms with Crippen molar-refractivity contribution in [2.24, 2.45) is 0 Å². The van der Waals surface area contributed by atoms with Crippen LogP contribution in [0.4, 0.5) is 0 Å². The Hall–Kier alpha value is -0.150. The number of hydrogen-bond donors (Lipinski definition) is 0. The van der Waals surface area contributed by atoms with E-state index in [1.807, 2.05) is 6.92 Å². The van der Waals surface area contributed by atoms with Gasteiger partial charge in [-0.1, -0.05) is 52.5 Å². The van der Waals surface area contributed by atoms with E-state index in [2.05, 4.69) is 0 Å². The summed E-state index contributed by atoms with van der Waals surface area (Å²) in [7, 11) is 0. The number of alkyl halides is 3. The molecule has 0 N–H and O–H groups in total. The van der Waals surface area contributed by atoms with Gasteiger partial charge in [0.2, 0.25) is 0 Å². The fourth-order valence-corrected chi connectivity index (χ4v) is 1.12. The van der Waals surface area contributed by atoms with Gasteiger partial charge in [-0.25, -0.2) is 4.79 Å². The topological polar surface area (TPSA) is 26.3 Å². The molecule has 0 spiro atoms. The van der Waals surface area contributed by atoms with Crippen LogP contribution in [0.1, 0.15) is 5.56 Å². The third-order valence-corrected chi connectivity index (χ3v) is 2.30. The fraction of sp³-hybridized carbons (Fsp3) is 0.222. The molecule has 0 aliphatic carbocycles. The van der Waals surface area contributed by atoms with Crippen molar-refractivity contribution in [3.63, 3.8) is 0 Å². The summed E-state index contributed by atoms with van der Waals surface area (Å²) in [5.74, 6) is -0.812. The highest BCUT2D eigenvalue weighted by Crippen LogP contribution is 2.31. The zero-order valence-corrected chi connectivity index (χ0v) is 10.6. The van der Waals surface area contributed by atoms with E-state index in [4.69, 9.17) is 51.1 Å². The molecule has 0 atom stereocenters. The summed E-state index contributed by atoms with van der Waals surface area (Å²) in [6.07, 6.45) is 0. The Morgan fingerprint density at radius 2 is 1.93 bits per heavy atom. The summed E-state index contributed by atoms with van der Waals surface area (Å²) >= 11 is 21.8. The van der Waals surface area contributed by atoms with Crippen molar-refractivity contribution >= 4 is 52.4 Å². The van der Waals surface area contributed by atoms with Gasteiger partial charge in [-0.3, -0.25) is 0 Å². The first-order valence-electron chi connectivity index (χ1n) is 3.86. The standard InChI is InChI=1S/C9H6Cl4O2/c1-5-2-3-6(10)7(4-5)15-8(14)9(11,12)13/h2-4H,1H3. The van der Waals surface area contributed by atoms with Crippen molar-refractivity contribution in [1.82, 2.24) is 0 Å². The Labute approximate surface area is 107 Å². The molecule has 82 valence electrons. The lowest BCUT2D eigenvalue weighted by Gasteiger charge is -2.11. The van der Waals surface area contributed by atoms with E-state index >= 15 is 0 Å². The molecule has 0 saturated carbocycles. The van der Waals surface area contributed by atoms with Crippen LogP contribution < -0.4 is 4.74 Å². The number of carbonyl (C=O) groups is 1. The van der Waals surface area contributed by atoms with Crippen LogP contribution >= 0.6 is 46.4 Å². The van der Waals surface area contributed by atoms with Gasteiger partial charge < -0.3 is 4.74 Å². The van der Waals surface area contributed by atoms with Crippen LogP contribution in [0, 0.1) is 6.92 Å². The van der Waals surface area contributed by atoms with Crippen molar-refractivity contribution in [3.8, 4) is 5.75 Å². The Bertz CT molecular complexity index is 384. The number of benzene rings is 1. The molecule has 0 heterocycles. The number of hydrogen-bond acceptors (Lipinski definition) is 2. The molecular formula is C9H6Cl4O2. The van der Waals surface area contributed by atoms with E-state index in [0.29, 0.717) is 0 Å². The maximum absolute atomic E-state index is 11.2. The molecule has 15 heavy (non-hydrogen) atoms. The van der Waals surface area contributed by atoms with E-state index in [1.54, 1.807) is 18.2 Å². The van der Waals surface area contributed by atoms with Gasteiger partial charge in [-0.15, -0.1) is 0 Å². The SMILES string of the molecule is Cc1ccc(Cl)c(OC(=O)C(Cl)(Cl)Cl)c1. The average molecular weight is 288 g/mol. The molecule has 0 aliphatic rings. The van der Waals surface area contributed by atoms with Crippen LogP contribution in [0.5, 0.6) is 5.75 Å². The van der Waals surface area contributed by atoms with Crippen LogP contribution in [0.3, 0.4) is 0 Å². The van der Waals surface area contributed by atoms with Gasteiger partial charge in [-0.2, -0.15) is 0 Å². The average Bonchev–Trinajstić information content (AvgIpc) is 2.09. The number of ether oxygens (including phenoxy) is 1. The Morgan fingerprint density at radius 3 is 2.47 bits per heavy atom. The van der Waals surface area contributed by atoms with Crippen molar-refractivity contribution in [2.75, 3.05) is 0 Å². The molecule has 0 unspecified atom stereocenters. The molecule has 1 rings (SSSR count). The predicted octanol–water partition coefficient (Wildman–Crippen LogP) is 3.92. The van der Waals surface area contributed by atoms with Crippen LogP contribution in [0.15, 0.2) is 18.2 Å².